The number of nitrogens with zero attached hydrogens (tertiary/aromatic N) is 1. The SMILES string of the molecule is NCC1c2ccc(Cl)c(Cl)c2CN1C1CC1. The summed E-state index contributed by atoms with van der Waals surface area (Å²) >= 11 is 12.3. The quantitative estimate of drug-likeness (QED) is 0.882. The van der Waals surface area contributed by atoms with Crippen LogP contribution in [0.3, 0.4) is 0 Å². The van der Waals surface area contributed by atoms with Crippen LogP contribution < -0.4 is 5.73 Å². The van der Waals surface area contributed by atoms with Gasteiger partial charge in [-0.3, -0.25) is 4.90 Å². The number of hydrogen-bond acceptors (Lipinski definition) is 2. The van der Waals surface area contributed by atoms with Crippen molar-refractivity contribution in [3.63, 3.8) is 0 Å². The summed E-state index contributed by atoms with van der Waals surface area (Å²) in [7, 11) is 0. The number of benzene rings is 1. The lowest BCUT2D eigenvalue weighted by atomic mass is 10.1. The molecule has 1 heterocycles. The average molecular weight is 257 g/mol. The van der Waals surface area contributed by atoms with Crippen molar-refractivity contribution in [2.45, 2.75) is 31.5 Å². The van der Waals surface area contributed by atoms with Crippen molar-refractivity contribution < 1.29 is 0 Å². The molecule has 0 aromatic heterocycles. The van der Waals surface area contributed by atoms with Crippen molar-refractivity contribution in [3.8, 4) is 0 Å². The van der Waals surface area contributed by atoms with Gasteiger partial charge in [0, 0.05) is 25.2 Å². The molecule has 2 N–H and O–H groups in total. The molecule has 0 radical (unpaired) electrons. The maximum Gasteiger partial charge on any atom is 0.0640 e. The van der Waals surface area contributed by atoms with Gasteiger partial charge in [-0.2, -0.15) is 0 Å². The normalized spacial score (nSPS) is 24.8. The van der Waals surface area contributed by atoms with E-state index in [2.05, 4.69) is 11.0 Å². The number of fused-ring (bicyclic) bond motifs is 1. The Hall–Kier alpha value is -0.280. The van der Waals surface area contributed by atoms with Crippen LogP contribution in [0.5, 0.6) is 0 Å². The highest BCUT2D eigenvalue weighted by Gasteiger charge is 2.39. The van der Waals surface area contributed by atoms with E-state index >= 15 is 0 Å². The first-order valence-electron chi connectivity index (χ1n) is 5.65. The largest absolute Gasteiger partial charge is 0.329 e. The molecule has 1 saturated carbocycles. The summed E-state index contributed by atoms with van der Waals surface area (Å²) in [6, 6.07) is 4.98. The van der Waals surface area contributed by atoms with Gasteiger partial charge in [0.15, 0.2) is 0 Å². The van der Waals surface area contributed by atoms with Crippen LogP contribution in [-0.4, -0.2) is 17.5 Å². The number of halogens is 2. The monoisotopic (exact) mass is 256 g/mol. The summed E-state index contributed by atoms with van der Waals surface area (Å²) in [4.78, 5) is 2.47. The Morgan fingerprint density at radius 3 is 2.69 bits per heavy atom. The third-order valence-electron chi connectivity index (χ3n) is 3.57. The summed E-state index contributed by atoms with van der Waals surface area (Å²) < 4.78 is 0. The van der Waals surface area contributed by atoms with Gasteiger partial charge in [0.1, 0.15) is 0 Å². The van der Waals surface area contributed by atoms with Crippen molar-refractivity contribution in [3.05, 3.63) is 33.3 Å². The molecule has 1 aliphatic carbocycles. The van der Waals surface area contributed by atoms with E-state index in [1.165, 1.54) is 24.0 Å². The summed E-state index contributed by atoms with van der Waals surface area (Å²) in [6.45, 7) is 1.56. The van der Waals surface area contributed by atoms with Gasteiger partial charge >= 0.3 is 0 Å². The predicted octanol–water partition coefficient (Wildman–Crippen LogP) is 2.97. The number of rotatable bonds is 2. The lowest BCUT2D eigenvalue weighted by Crippen LogP contribution is -2.29. The van der Waals surface area contributed by atoms with Crippen molar-refractivity contribution in [1.82, 2.24) is 4.90 Å². The molecule has 4 heteroatoms. The molecular formula is C12H14Cl2N2. The van der Waals surface area contributed by atoms with E-state index in [1.54, 1.807) is 0 Å². The topological polar surface area (TPSA) is 29.3 Å². The first kappa shape index (κ1) is 10.8. The molecule has 0 bridgehead atoms. The predicted molar refractivity (Wildman–Crippen MR) is 66.8 cm³/mol. The van der Waals surface area contributed by atoms with Crippen LogP contribution in [0.1, 0.15) is 30.0 Å². The van der Waals surface area contributed by atoms with E-state index in [0.717, 1.165) is 6.54 Å². The van der Waals surface area contributed by atoms with Gasteiger partial charge in [0.25, 0.3) is 0 Å². The van der Waals surface area contributed by atoms with Crippen LogP contribution >= 0.6 is 23.2 Å². The van der Waals surface area contributed by atoms with Crippen molar-refractivity contribution >= 4 is 23.2 Å². The molecule has 86 valence electrons. The molecular weight excluding hydrogens is 243 g/mol. The smallest absolute Gasteiger partial charge is 0.0640 e. The van der Waals surface area contributed by atoms with Crippen LogP contribution in [0.4, 0.5) is 0 Å². The van der Waals surface area contributed by atoms with Crippen LogP contribution in [0.2, 0.25) is 10.0 Å². The fourth-order valence-corrected chi connectivity index (χ4v) is 3.01. The first-order chi connectivity index (χ1) is 7.72. The fourth-order valence-electron chi connectivity index (χ4n) is 2.60. The zero-order chi connectivity index (χ0) is 11.3. The Balaban J connectivity index is 2.03. The maximum atomic E-state index is 6.25. The van der Waals surface area contributed by atoms with Gasteiger partial charge in [-0.05, 0) is 30.0 Å². The zero-order valence-electron chi connectivity index (χ0n) is 8.92. The number of hydrogen-bond donors (Lipinski definition) is 1. The van der Waals surface area contributed by atoms with Crippen LogP contribution in [0.25, 0.3) is 0 Å². The highest BCUT2D eigenvalue weighted by atomic mass is 35.5. The lowest BCUT2D eigenvalue weighted by Gasteiger charge is -2.23. The molecule has 2 aliphatic rings. The molecule has 1 atom stereocenters. The maximum absolute atomic E-state index is 6.25. The van der Waals surface area contributed by atoms with Gasteiger partial charge < -0.3 is 5.73 Å². The number of nitrogens with two attached hydrogens (primary N) is 1. The Morgan fingerprint density at radius 1 is 1.31 bits per heavy atom. The third kappa shape index (κ3) is 1.56. The summed E-state index contributed by atoms with van der Waals surface area (Å²) in [5, 5.41) is 1.36. The van der Waals surface area contributed by atoms with E-state index in [-0.39, 0.29) is 0 Å². The Morgan fingerprint density at radius 2 is 2.06 bits per heavy atom. The summed E-state index contributed by atoms with van der Waals surface area (Å²) in [5.41, 5.74) is 8.32. The zero-order valence-corrected chi connectivity index (χ0v) is 10.4. The van der Waals surface area contributed by atoms with Crippen LogP contribution in [0, 0.1) is 0 Å². The van der Waals surface area contributed by atoms with E-state index < -0.39 is 0 Å². The molecule has 0 amide bonds. The molecule has 16 heavy (non-hydrogen) atoms. The first-order valence-corrected chi connectivity index (χ1v) is 6.40. The highest BCUT2D eigenvalue weighted by Crippen LogP contribution is 2.45. The average Bonchev–Trinajstić information content (AvgIpc) is 3.05. The standard InChI is InChI=1S/C12H14Cl2N2/c13-10-4-3-8-9(12(10)14)6-16(7-1-2-7)11(8)5-15/h3-4,7,11H,1-2,5-6,15H2. The highest BCUT2D eigenvalue weighted by molar-refractivity contribution is 6.42. The molecule has 1 fully saturated rings. The van der Waals surface area contributed by atoms with E-state index in [4.69, 9.17) is 28.9 Å². The van der Waals surface area contributed by atoms with Gasteiger partial charge in [0.05, 0.1) is 10.0 Å². The summed E-state index contributed by atoms with van der Waals surface area (Å²) in [5.74, 6) is 0. The van der Waals surface area contributed by atoms with Crippen molar-refractivity contribution in [1.29, 1.82) is 0 Å². The van der Waals surface area contributed by atoms with E-state index in [0.29, 0.717) is 28.7 Å². The molecule has 2 nitrogen and oxygen atoms in total. The third-order valence-corrected chi connectivity index (χ3v) is 4.41. The second kappa shape index (κ2) is 3.88. The van der Waals surface area contributed by atoms with Crippen LogP contribution in [0.15, 0.2) is 12.1 Å². The Labute approximate surface area is 105 Å². The minimum Gasteiger partial charge on any atom is -0.329 e. The Kier molecular flexibility index (Phi) is 2.63. The minimum absolute atomic E-state index is 0.331. The Bertz CT molecular complexity index is 429. The van der Waals surface area contributed by atoms with Gasteiger partial charge in [-0.25, -0.2) is 0 Å². The second-order valence-corrected chi connectivity index (χ2v) is 5.37. The van der Waals surface area contributed by atoms with E-state index in [9.17, 15) is 0 Å². The van der Waals surface area contributed by atoms with Crippen molar-refractivity contribution in [2.75, 3.05) is 6.54 Å². The van der Waals surface area contributed by atoms with Gasteiger partial charge in [-0.15, -0.1) is 0 Å². The van der Waals surface area contributed by atoms with E-state index in [1.807, 2.05) is 6.07 Å². The second-order valence-electron chi connectivity index (χ2n) is 4.58. The molecule has 1 aromatic carbocycles. The van der Waals surface area contributed by atoms with Crippen LogP contribution in [-0.2, 0) is 6.54 Å². The fraction of sp³-hybridized carbons (Fsp3) is 0.500. The molecule has 1 aromatic rings. The van der Waals surface area contributed by atoms with Gasteiger partial charge in [-0.1, -0.05) is 29.3 Å². The van der Waals surface area contributed by atoms with Crippen molar-refractivity contribution in [2.24, 2.45) is 5.73 Å². The lowest BCUT2D eigenvalue weighted by molar-refractivity contribution is 0.209. The summed E-state index contributed by atoms with van der Waals surface area (Å²) in [6.07, 6.45) is 2.58. The van der Waals surface area contributed by atoms with Gasteiger partial charge in [0.2, 0.25) is 0 Å². The molecule has 1 aliphatic heterocycles. The molecule has 0 spiro atoms. The molecule has 1 unspecified atom stereocenters. The molecule has 0 saturated heterocycles. The minimum atomic E-state index is 0.331. The molecule has 3 rings (SSSR count).